The first-order valence-electron chi connectivity index (χ1n) is 9.82. The van der Waals surface area contributed by atoms with Gasteiger partial charge in [-0.2, -0.15) is 10.5 Å². The van der Waals surface area contributed by atoms with Crippen LogP contribution in [0.25, 0.3) is 0 Å². The molecular weight excluding hydrogens is 381 g/mol. The van der Waals surface area contributed by atoms with Gasteiger partial charge in [0, 0.05) is 32.7 Å². The molecule has 1 unspecified atom stereocenters. The van der Waals surface area contributed by atoms with Crippen LogP contribution in [-0.2, 0) is 17.8 Å². The molecule has 3 rings (SSSR count). The Hall–Kier alpha value is -3.39. The highest BCUT2D eigenvalue weighted by Gasteiger charge is 2.21. The first-order valence-corrected chi connectivity index (χ1v) is 9.82. The number of morpholine rings is 1. The Bertz CT molecular complexity index is 915. The molecule has 0 amide bonds. The predicted molar refractivity (Wildman–Crippen MR) is 111 cm³/mol. The third-order valence-electron chi connectivity index (χ3n) is 4.83. The van der Waals surface area contributed by atoms with E-state index < -0.39 is 0 Å². The van der Waals surface area contributed by atoms with Crippen LogP contribution in [0.3, 0.4) is 0 Å². The summed E-state index contributed by atoms with van der Waals surface area (Å²) in [4.78, 5) is 2.25. The molecule has 6 nitrogen and oxygen atoms in total. The van der Waals surface area contributed by atoms with Gasteiger partial charge in [-0.15, -0.1) is 0 Å². The normalized spacial score (nSPS) is 16.2. The van der Waals surface area contributed by atoms with Crippen LogP contribution in [0.2, 0.25) is 0 Å². The molecule has 7 heteroatoms. The smallest absolute Gasteiger partial charge is 0.169 e. The quantitative estimate of drug-likeness (QED) is 0.657. The van der Waals surface area contributed by atoms with Gasteiger partial charge in [0.15, 0.2) is 5.57 Å². The minimum Gasteiger partial charge on any atom is -0.374 e. The minimum atomic E-state index is -0.240. The fourth-order valence-corrected chi connectivity index (χ4v) is 3.27. The number of halogens is 1. The molecule has 0 aliphatic carbocycles. The van der Waals surface area contributed by atoms with E-state index in [0.29, 0.717) is 32.1 Å². The number of nitrogens with zero attached hydrogens (tertiary/aromatic N) is 3. The number of benzene rings is 2. The Morgan fingerprint density at radius 3 is 2.47 bits per heavy atom. The monoisotopic (exact) mass is 405 g/mol. The van der Waals surface area contributed by atoms with E-state index in [2.05, 4.69) is 15.5 Å². The van der Waals surface area contributed by atoms with Crippen LogP contribution in [0, 0.1) is 28.5 Å². The zero-order chi connectivity index (χ0) is 21.2. The second kappa shape index (κ2) is 11.0. The van der Waals surface area contributed by atoms with E-state index in [1.807, 2.05) is 42.5 Å². The molecule has 154 valence electrons. The van der Waals surface area contributed by atoms with E-state index in [0.717, 1.165) is 24.2 Å². The van der Waals surface area contributed by atoms with Crippen molar-refractivity contribution in [3.05, 3.63) is 82.9 Å². The van der Waals surface area contributed by atoms with Gasteiger partial charge in [-0.1, -0.05) is 42.5 Å². The van der Waals surface area contributed by atoms with Crippen LogP contribution >= 0.6 is 0 Å². The molecule has 0 radical (unpaired) electrons. The fourth-order valence-electron chi connectivity index (χ4n) is 3.27. The van der Waals surface area contributed by atoms with Crippen LogP contribution in [0.4, 0.5) is 4.39 Å². The summed E-state index contributed by atoms with van der Waals surface area (Å²) in [5.41, 5.74) is 2.10. The molecule has 1 atom stereocenters. The molecular formula is C23H24FN5O. The topological polar surface area (TPSA) is 84.1 Å². The minimum absolute atomic E-state index is 0.00455. The van der Waals surface area contributed by atoms with Gasteiger partial charge in [0.2, 0.25) is 0 Å². The molecule has 0 spiro atoms. The Kier molecular flexibility index (Phi) is 7.79. The van der Waals surface area contributed by atoms with Crippen molar-refractivity contribution in [3.8, 4) is 12.1 Å². The molecule has 1 saturated heterocycles. The van der Waals surface area contributed by atoms with E-state index in [1.54, 1.807) is 12.1 Å². The van der Waals surface area contributed by atoms with Crippen molar-refractivity contribution >= 4 is 0 Å². The Morgan fingerprint density at radius 1 is 1.03 bits per heavy atom. The van der Waals surface area contributed by atoms with Crippen molar-refractivity contribution in [3.63, 3.8) is 0 Å². The van der Waals surface area contributed by atoms with E-state index in [4.69, 9.17) is 4.74 Å². The summed E-state index contributed by atoms with van der Waals surface area (Å²) in [5, 5.41) is 24.9. The average Bonchev–Trinajstić information content (AvgIpc) is 2.78. The number of nitrogens with one attached hydrogen (secondary N) is 2. The Morgan fingerprint density at radius 2 is 1.77 bits per heavy atom. The average molecular weight is 405 g/mol. The van der Waals surface area contributed by atoms with E-state index in [9.17, 15) is 14.9 Å². The number of hydrogen-bond donors (Lipinski definition) is 2. The lowest BCUT2D eigenvalue weighted by Gasteiger charge is -2.33. The van der Waals surface area contributed by atoms with Crippen molar-refractivity contribution in [1.29, 1.82) is 10.5 Å². The molecule has 30 heavy (non-hydrogen) atoms. The van der Waals surface area contributed by atoms with Gasteiger partial charge in [-0.3, -0.25) is 4.90 Å². The maximum absolute atomic E-state index is 13.1. The van der Waals surface area contributed by atoms with Gasteiger partial charge in [0.05, 0.1) is 12.7 Å². The summed E-state index contributed by atoms with van der Waals surface area (Å²) >= 11 is 0. The summed E-state index contributed by atoms with van der Waals surface area (Å²) < 4.78 is 18.9. The largest absolute Gasteiger partial charge is 0.374 e. The predicted octanol–water partition coefficient (Wildman–Crippen LogP) is 2.66. The third kappa shape index (κ3) is 6.31. The van der Waals surface area contributed by atoms with Gasteiger partial charge in [-0.25, -0.2) is 4.39 Å². The SMILES string of the molecule is N#CC(C#N)=C(NCc1ccccc1)NCC1CN(Cc2ccc(F)cc2)CCO1. The van der Waals surface area contributed by atoms with Crippen LogP contribution in [-0.4, -0.2) is 37.2 Å². The van der Waals surface area contributed by atoms with Crippen molar-refractivity contribution in [1.82, 2.24) is 15.5 Å². The standard InChI is InChI=1S/C23H24FN5O/c24-21-8-6-19(7-9-21)16-29-10-11-30-22(17-29)15-28-23(20(12-25)13-26)27-14-18-4-2-1-3-5-18/h1-9,22,27-28H,10-11,14-17H2. The van der Waals surface area contributed by atoms with Crippen LogP contribution in [0.15, 0.2) is 66.0 Å². The van der Waals surface area contributed by atoms with Crippen molar-refractivity contribution in [2.75, 3.05) is 26.2 Å². The molecule has 1 heterocycles. The zero-order valence-electron chi connectivity index (χ0n) is 16.6. The summed E-state index contributed by atoms with van der Waals surface area (Å²) in [6, 6.07) is 20.1. The van der Waals surface area contributed by atoms with Gasteiger partial charge >= 0.3 is 0 Å². The van der Waals surface area contributed by atoms with Crippen molar-refractivity contribution in [2.45, 2.75) is 19.2 Å². The summed E-state index contributed by atoms with van der Waals surface area (Å²) in [5.74, 6) is 0.166. The Labute approximate surface area is 176 Å². The van der Waals surface area contributed by atoms with E-state index >= 15 is 0 Å². The lowest BCUT2D eigenvalue weighted by molar-refractivity contribution is -0.0291. The van der Waals surface area contributed by atoms with Gasteiger partial charge in [-0.05, 0) is 23.3 Å². The first-order chi connectivity index (χ1) is 14.7. The molecule has 1 fully saturated rings. The fraction of sp³-hybridized carbons (Fsp3) is 0.304. The molecule has 2 aromatic carbocycles. The first kappa shape index (κ1) is 21.3. The number of nitriles is 2. The Balaban J connectivity index is 1.56. The number of hydrogen-bond acceptors (Lipinski definition) is 6. The lowest BCUT2D eigenvalue weighted by atomic mass is 10.2. The van der Waals surface area contributed by atoms with Crippen molar-refractivity contribution in [2.24, 2.45) is 0 Å². The van der Waals surface area contributed by atoms with Gasteiger partial charge in [0.1, 0.15) is 23.8 Å². The summed E-state index contributed by atoms with van der Waals surface area (Å²) in [6.07, 6.45) is -0.0913. The van der Waals surface area contributed by atoms with Crippen molar-refractivity contribution < 1.29 is 9.13 Å². The van der Waals surface area contributed by atoms with E-state index in [1.165, 1.54) is 12.1 Å². The molecule has 1 aliphatic heterocycles. The summed E-state index contributed by atoms with van der Waals surface area (Å²) in [6.45, 7) is 3.77. The summed E-state index contributed by atoms with van der Waals surface area (Å²) in [7, 11) is 0. The van der Waals surface area contributed by atoms with Crippen LogP contribution < -0.4 is 10.6 Å². The number of rotatable bonds is 8. The second-order valence-electron chi connectivity index (χ2n) is 7.05. The number of ether oxygens (including phenoxy) is 1. The third-order valence-corrected chi connectivity index (χ3v) is 4.83. The second-order valence-corrected chi connectivity index (χ2v) is 7.05. The molecule has 2 N–H and O–H groups in total. The molecule has 2 aromatic rings. The molecule has 0 aromatic heterocycles. The number of allylic oxidation sites excluding steroid dienone is 1. The maximum Gasteiger partial charge on any atom is 0.169 e. The highest BCUT2D eigenvalue weighted by atomic mass is 19.1. The van der Waals surface area contributed by atoms with Gasteiger partial charge < -0.3 is 15.4 Å². The van der Waals surface area contributed by atoms with E-state index in [-0.39, 0.29) is 17.5 Å². The van der Waals surface area contributed by atoms with Crippen LogP contribution in [0.1, 0.15) is 11.1 Å². The highest BCUT2D eigenvalue weighted by molar-refractivity contribution is 5.39. The molecule has 0 saturated carbocycles. The van der Waals surface area contributed by atoms with Gasteiger partial charge in [0.25, 0.3) is 0 Å². The zero-order valence-corrected chi connectivity index (χ0v) is 16.6. The van der Waals surface area contributed by atoms with Crippen LogP contribution in [0.5, 0.6) is 0 Å². The highest BCUT2D eigenvalue weighted by Crippen LogP contribution is 2.12. The lowest BCUT2D eigenvalue weighted by Crippen LogP contribution is -2.47. The molecule has 0 bridgehead atoms. The molecule has 1 aliphatic rings. The maximum atomic E-state index is 13.1.